The molecule has 0 bridgehead atoms. The molecule has 0 radical (unpaired) electrons. The van der Waals surface area contributed by atoms with E-state index in [1.165, 1.54) is 0 Å². The minimum Gasteiger partial charge on any atom is -0.490 e. The molecule has 0 aliphatic carbocycles. The van der Waals surface area contributed by atoms with Crippen LogP contribution in [0, 0.1) is 0 Å². The number of pyridine rings is 1. The summed E-state index contributed by atoms with van der Waals surface area (Å²) in [6.07, 6.45) is 2.31. The number of ether oxygens (including phenoxy) is 2. The SMILES string of the molecule is CCNC(=NCc1ccc(Oc2ccccc2OCC)nc1)NC1CCS(=O)(=O)C1.I. The average molecular weight is 560 g/mol. The third-order valence-electron chi connectivity index (χ3n) is 4.50. The normalized spacial score (nSPS) is 17.5. The number of para-hydroxylation sites is 2. The van der Waals surface area contributed by atoms with Crippen molar-refractivity contribution in [1.29, 1.82) is 0 Å². The van der Waals surface area contributed by atoms with Gasteiger partial charge >= 0.3 is 0 Å². The maximum atomic E-state index is 11.7. The van der Waals surface area contributed by atoms with E-state index in [1.54, 1.807) is 12.3 Å². The number of guanidine groups is 1. The largest absolute Gasteiger partial charge is 0.490 e. The van der Waals surface area contributed by atoms with E-state index < -0.39 is 9.84 Å². The number of benzene rings is 1. The van der Waals surface area contributed by atoms with Crippen molar-refractivity contribution in [3.63, 3.8) is 0 Å². The minimum atomic E-state index is -2.94. The lowest BCUT2D eigenvalue weighted by Crippen LogP contribution is -2.44. The molecule has 1 aliphatic heterocycles. The van der Waals surface area contributed by atoms with Gasteiger partial charge in [-0.05, 0) is 38.0 Å². The molecule has 0 saturated carbocycles. The molecule has 1 atom stereocenters. The van der Waals surface area contributed by atoms with Crippen molar-refractivity contribution in [2.24, 2.45) is 4.99 Å². The summed E-state index contributed by atoms with van der Waals surface area (Å²) < 4.78 is 34.7. The number of sulfone groups is 1. The second-order valence-electron chi connectivity index (χ2n) is 6.93. The van der Waals surface area contributed by atoms with Crippen LogP contribution >= 0.6 is 24.0 Å². The van der Waals surface area contributed by atoms with Gasteiger partial charge in [-0.2, -0.15) is 0 Å². The molecule has 3 rings (SSSR count). The van der Waals surface area contributed by atoms with Gasteiger partial charge in [0.25, 0.3) is 0 Å². The number of hydrogen-bond acceptors (Lipinski definition) is 6. The van der Waals surface area contributed by atoms with E-state index >= 15 is 0 Å². The summed E-state index contributed by atoms with van der Waals surface area (Å²) in [7, 11) is -2.94. The smallest absolute Gasteiger partial charge is 0.219 e. The second-order valence-corrected chi connectivity index (χ2v) is 9.15. The maximum absolute atomic E-state index is 11.7. The summed E-state index contributed by atoms with van der Waals surface area (Å²) in [6.45, 7) is 5.55. The quantitative estimate of drug-likeness (QED) is 0.291. The van der Waals surface area contributed by atoms with Gasteiger partial charge in [0.05, 0.1) is 24.7 Å². The molecule has 31 heavy (non-hydrogen) atoms. The Kier molecular flexibility index (Phi) is 9.82. The van der Waals surface area contributed by atoms with Crippen LogP contribution in [0.5, 0.6) is 17.4 Å². The third-order valence-corrected chi connectivity index (χ3v) is 6.27. The molecule has 1 aromatic heterocycles. The van der Waals surface area contributed by atoms with Gasteiger partial charge in [-0.25, -0.2) is 18.4 Å². The Morgan fingerprint density at radius 3 is 2.58 bits per heavy atom. The first kappa shape index (κ1) is 25.2. The van der Waals surface area contributed by atoms with Crippen molar-refractivity contribution >= 4 is 39.8 Å². The summed E-state index contributed by atoms with van der Waals surface area (Å²) in [4.78, 5) is 8.90. The molecule has 170 valence electrons. The topological polar surface area (TPSA) is 102 Å². The fourth-order valence-corrected chi connectivity index (χ4v) is 4.75. The lowest BCUT2D eigenvalue weighted by molar-refractivity contribution is 0.319. The fourth-order valence-electron chi connectivity index (χ4n) is 3.08. The molecule has 1 aromatic carbocycles. The first-order valence-electron chi connectivity index (χ1n) is 10.1. The first-order valence-corrected chi connectivity index (χ1v) is 11.9. The lowest BCUT2D eigenvalue weighted by atomic mass is 10.2. The Bertz CT molecular complexity index is 968. The van der Waals surface area contributed by atoms with Gasteiger partial charge in [0.1, 0.15) is 0 Å². The van der Waals surface area contributed by atoms with Crippen LogP contribution in [0.1, 0.15) is 25.8 Å². The highest BCUT2D eigenvalue weighted by atomic mass is 127. The number of aromatic nitrogens is 1. The summed E-state index contributed by atoms with van der Waals surface area (Å²) in [6, 6.07) is 11.0. The summed E-state index contributed by atoms with van der Waals surface area (Å²) in [5.41, 5.74) is 0.914. The number of aliphatic imine (C=N–C) groups is 1. The molecule has 2 aromatic rings. The molecule has 1 unspecified atom stereocenters. The van der Waals surface area contributed by atoms with Crippen LogP contribution in [0.4, 0.5) is 0 Å². The van der Waals surface area contributed by atoms with Gasteiger partial charge in [0, 0.05) is 24.8 Å². The average Bonchev–Trinajstić information content (AvgIpc) is 3.07. The van der Waals surface area contributed by atoms with Crippen LogP contribution in [-0.2, 0) is 16.4 Å². The summed E-state index contributed by atoms with van der Waals surface area (Å²) in [5, 5.41) is 6.36. The van der Waals surface area contributed by atoms with E-state index in [1.807, 2.05) is 44.2 Å². The van der Waals surface area contributed by atoms with Gasteiger partial charge in [-0.15, -0.1) is 24.0 Å². The van der Waals surface area contributed by atoms with Gasteiger partial charge in [-0.1, -0.05) is 18.2 Å². The summed E-state index contributed by atoms with van der Waals surface area (Å²) >= 11 is 0. The molecule has 0 spiro atoms. The van der Waals surface area contributed by atoms with E-state index in [-0.39, 0.29) is 41.5 Å². The predicted molar refractivity (Wildman–Crippen MR) is 132 cm³/mol. The molecule has 10 heteroatoms. The highest BCUT2D eigenvalue weighted by Crippen LogP contribution is 2.30. The molecule has 1 fully saturated rings. The van der Waals surface area contributed by atoms with E-state index in [4.69, 9.17) is 9.47 Å². The van der Waals surface area contributed by atoms with Gasteiger partial charge in [-0.3, -0.25) is 0 Å². The molecule has 8 nitrogen and oxygen atoms in total. The van der Waals surface area contributed by atoms with Crippen LogP contribution in [0.2, 0.25) is 0 Å². The zero-order valence-electron chi connectivity index (χ0n) is 17.7. The van der Waals surface area contributed by atoms with Crippen molar-refractivity contribution in [3.8, 4) is 17.4 Å². The van der Waals surface area contributed by atoms with Crippen molar-refractivity contribution < 1.29 is 17.9 Å². The first-order chi connectivity index (χ1) is 14.5. The zero-order valence-corrected chi connectivity index (χ0v) is 20.9. The van der Waals surface area contributed by atoms with Crippen molar-refractivity contribution in [1.82, 2.24) is 15.6 Å². The van der Waals surface area contributed by atoms with Crippen molar-refractivity contribution in [2.75, 3.05) is 24.7 Å². The second kappa shape index (κ2) is 12.1. The third kappa shape index (κ3) is 7.84. The van der Waals surface area contributed by atoms with Crippen molar-refractivity contribution in [3.05, 3.63) is 48.2 Å². The molecule has 2 heterocycles. The number of nitrogens with zero attached hydrogens (tertiary/aromatic N) is 2. The molecule has 1 saturated heterocycles. The highest BCUT2D eigenvalue weighted by Gasteiger charge is 2.28. The van der Waals surface area contributed by atoms with E-state index in [9.17, 15) is 8.42 Å². The lowest BCUT2D eigenvalue weighted by Gasteiger charge is -2.15. The number of hydrogen-bond donors (Lipinski definition) is 2. The van der Waals surface area contributed by atoms with E-state index in [0.717, 1.165) is 5.56 Å². The predicted octanol–water partition coefficient (Wildman–Crippen LogP) is 3.13. The Morgan fingerprint density at radius 1 is 1.19 bits per heavy atom. The monoisotopic (exact) mass is 560 g/mol. The Labute approximate surface area is 200 Å². The van der Waals surface area contributed by atoms with Gasteiger partial charge in [0.15, 0.2) is 27.3 Å². The summed E-state index contributed by atoms with van der Waals surface area (Å²) in [5.74, 6) is 2.73. The van der Waals surface area contributed by atoms with Crippen LogP contribution in [-0.4, -0.2) is 50.1 Å². The minimum absolute atomic E-state index is 0. The number of rotatable bonds is 8. The Balaban J connectivity index is 0.00000341. The number of halogens is 1. The van der Waals surface area contributed by atoms with Gasteiger partial charge in [0.2, 0.25) is 5.88 Å². The standard InChI is InChI=1S/C21H28N4O4S.HI/c1-3-22-21(25-17-11-12-30(26,27)15-17)24-14-16-9-10-20(23-13-16)29-19-8-6-5-7-18(19)28-4-2;/h5-10,13,17H,3-4,11-12,14-15H2,1-2H3,(H2,22,24,25);1H. The molecule has 2 N–H and O–H groups in total. The molecular weight excluding hydrogens is 531 g/mol. The fraction of sp³-hybridized carbons (Fsp3) is 0.429. The molecule has 0 amide bonds. The zero-order chi connectivity index (χ0) is 21.4. The van der Waals surface area contributed by atoms with Crippen LogP contribution in [0.15, 0.2) is 47.6 Å². The van der Waals surface area contributed by atoms with Crippen molar-refractivity contribution in [2.45, 2.75) is 32.9 Å². The van der Waals surface area contributed by atoms with Crippen LogP contribution in [0.25, 0.3) is 0 Å². The van der Waals surface area contributed by atoms with E-state index in [0.29, 0.717) is 49.5 Å². The number of nitrogens with one attached hydrogen (secondary N) is 2. The van der Waals surface area contributed by atoms with Gasteiger partial charge < -0.3 is 20.1 Å². The van der Waals surface area contributed by atoms with E-state index in [2.05, 4.69) is 20.6 Å². The van der Waals surface area contributed by atoms with Crippen LogP contribution in [0.3, 0.4) is 0 Å². The Morgan fingerprint density at radius 2 is 1.97 bits per heavy atom. The molecular formula is C21H29IN4O4S. The van der Waals surface area contributed by atoms with Crippen LogP contribution < -0.4 is 20.1 Å². The highest BCUT2D eigenvalue weighted by molar-refractivity contribution is 14.0. The Hall–Kier alpha value is -2.08. The maximum Gasteiger partial charge on any atom is 0.219 e. The molecule has 1 aliphatic rings.